The average Bonchev–Trinajstić information content (AvgIpc) is 3.33. The number of unbranched alkanes of at least 4 members (excludes halogenated alkanes) is 38. The molecule has 0 bridgehead atoms. The third-order valence-corrected chi connectivity index (χ3v) is 14.7. The first-order chi connectivity index (χ1) is 32.8. The fraction of sp³-hybridized carbons (Fsp3) is 0.951. The highest BCUT2D eigenvalue weighted by Gasteiger charge is 2.19. The highest BCUT2D eigenvalue weighted by Crippen LogP contribution is 2.19. The highest BCUT2D eigenvalue weighted by atomic mass is 16.6. The Balaban J connectivity index is 4.23. The maximum absolute atomic E-state index is 12.8. The van der Waals surface area contributed by atoms with Gasteiger partial charge in [-0.25, -0.2) is 0 Å². The Labute approximate surface area is 418 Å². The second kappa shape index (κ2) is 53.8. The lowest BCUT2D eigenvalue weighted by Crippen LogP contribution is -2.30. The third-order valence-electron chi connectivity index (χ3n) is 14.7. The predicted octanol–water partition coefficient (Wildman–Crippen LogP) is 20.0. The van der Waals surface area contributed by atoms with Gasteiger partial charge in [-0.05, 0) is 31.1 Å². The summed E-state index contributed by atoms with van der Waals surface area (Å²) >= 11 is 0. The Morgan fingerprint density at radius 1 is 0.299 bits per heavy atom. The summed E-state index contributed by atoms with van der Waals surface area (Å²) in [6, 6.07) is 0. The lowest BCUT2D eigenvalue weighted by atomic mass is 9.99. The highest BCUT2D eigenvalue weighted by molar-refractivity contribution is 5.71. The van der Waals surface area contributed by atoms with Crippen molar-refractivity contribution in [2.24, 2.45) is 11.8 Å². The summed E-state index contributed by atoms with van der Waals surface area (Å²) in [5.41, 5.74) is 0. The number of hydrogen-bond acceptors (Lipinski definition) is 6. The van der Waals surface area contributed by atoms with Crippen LogP contribution in [0.15, 0.2) is 0 Å². The van der Waals surface area contributed by atoms with Crippen LogP contribution in [0, 0.1) is 11.8 Å². The Hall–Kier alpha value is -1.59. The first-order valence-electron chi connectivity index (χ1n) is 30.3. The maximum atomic E-state index is 12.8. The molecule has 0 radical (unpaired) electrons. The molecule has 0 fully saturated rings. The Bertz CT molecular complexity index is 1030. The summed E-state index contributed by atoms with van der Waals surface area (Å²) in [6.45, 7) is 11.5. The molecule has 67 heavy (non-hydrogen) atoms. The standard InChI is InChI=1S/C61H118O6/c1-6-9-10-11-12-13-14-21-26-33-38-43-48-53-61(64)67-58(55-66-60(63)52-47-42-37-32-28-27-30-35-40-45-50-57(5)8-3)54-65-59(62)51-46-41-36-31-25-23-20-18-16-15-17-19-22-24-29-34-39-44-49-56(4)7-2/h56-58H,6-55H2,1-5H3/t56?,57?,58-/m0/s1. The second-order valence-electron chi connectivity index (χ2n) is 21.5. The molecule has 3 atom stereocenters. The minimum Gasteiger partial charge on any atom is -0.462 e. The van der Waals surface area contributed by atoms with Crippen molar-refractivity contribution in [3.8, 4) is 0 Å². The molecule has 2 unspecified atom stereocenters. The normalized spacial score (nSPS) is 12.9. The van der Waals surface area contributed by atoms with Crippen molar-refractivity contribution < 1.29 is 28.6 Å². The molecule has 0 amide bonds. The zero-order chi connectivity index (χ0) is 48.9. The summed E-state index contributed by atoms with van der Waals surface area (Å²) in [7, 11) is 0. The van der Waals surface area contributed by atoms with E-state index in [0.717, 1.165) is 69.6 Å². The van der Waals surface area contributed by atoms with Crippen LogP contribution in [-0.2, 0) is 28.6 Å². The summed E-state index contributed by atoms with van der Waals surface area (Å²) in [6.07, 6.45) is 58.0. The number of rotatable bonds is 55. The van der Waals surface area contributed by atoms with Crippen molar-refractivity contribution in [3.05, 3.63) is 0 Å². The molecular weight excluding hydrogens is 829 g/mol. The van der Waals surface area contributed by atoms with E-state index in [2.05, 4.69) is 34.6 Å². The van der Waals surface area contributed by atoms with Gasteiger partial charge in [0.15, 0.2) is 6.10 Å². The van der Waals surface area contributed by atoms with E-state index in [1.54, 1.807) is 0 Å². The molecule has 0 aliphatic heterocycles. The molecule has 0 saturated carbocycles. The Morgan fingerprint density at radius 2 is 0.522 bits per heavy atom. The second-order valence-corrected chi connectivity index (χ2v) is 21.5. The fourth-order valence-electron chi connectivity index (χ4n) is 9.34. The molecule has 0 aromatic rings. The van der Waals surface area contributed by atoms with Crippen LogP contribution in [0.5, 0.6) is 0 Å². The first kappa shape index (κ1) is 65.4. The summed E-state index contributed by atoms with van der Waals surface area (Å²) in [5.74, 6) is 0.943. The van der Waals surface area contributed by atoms with Gasteiger partial charge in [-0.15, -0.1) is 0 Å². The largest absolute Gasteiger partial charge is 0.462 e. The van der Waals surface area contributed by atoms with Gasteiger partial charge in [0.1, 0.15) is 13.2 Å². The topological polar surface area (TPSA) is 78.9 Å². The number of ether oxygens (including phenoxy) is 3. The number of carbonyl (C=O) groups is 3. The molecule has 6 heteroatoms. The van der Waals surface area contributed by atoms with E-state index in [4.69, 9.17) is 14.2 Å². The quantitative estimate of drug-likeness (QED) is 0.0343. The summed E-state index contributed by atoms with van der Waals surface area (Å²) < 4.78 is 16.9. The molecule has 0 N–H and O–H groups in total. The lowest BCUT2D eigenvalue weighted by molar-refractivity contribution is -0.167. The molecular formula is C61H118O6. The van der Waals surface area contributed by atoms with Crippen LogP contribution in [-0.4, -0.2) is 37.2 Å². The van der Waals surface area contributed by atoms with Gasteiger partial charge in [-0.2, -0.15) is 0 Å². The van der Waals surface area contributed by atoms with E-state index in [0.29, 0.717) is 19.3 Å². The number of esters is 3. The zero-order valence-electron chi connectivity index (χ0n) is 46.0. The van der Waals surface area contributed by atoms with Crippen LogP contribution in [0.1, 0.15) is 343 Å². The van der Waals surface area contributed by atoms with E-state index in [-0.39, 0.29) is 31.1 Å². The van der Waals surface area contributed by atoms with E-state index < -0.39 is 6.10 Å². The fourth-order valence-corrected chi connectivity index (χ4v) is 9.34. The van der Waals surface area contributed by atoms with Crippen LogP contribution in [0.4, 0.5) is 0 Å². The van der Waals surface area contributed by atoms with Gasteiger partial charge >= 0.3 is 17.9 Å². The van der Waals surface area contributed by atoms with Crippen molar-refractivity contribution >= 4 is 17.9 Å². The average molecular weight is 948 g/mol. The molecule has 398 valence electrons. The maximum Gasteiger partial charge on any atom is 0.306 e. The monoisotopic (exact) mass is 947 g/mol. The molecule has 0 heterocycles. The van der Waals surface area contributed by atoms with Gasteiger partial charge in [-0.1, -0.05) is 304 Å². The van der Waals surface area contributed by atoms with Crippen molar-refractivity contribution in [2.45, 2.75) is 349 Å². The van der Waals surface area contributed by atoms with E-state index in [1.807, 2.05) is 0 Å². The summed E-state index contributed by atoms with van der Waals surface area (Å²) in [4.78, 5) is 38.2. The van der Waals surface area contributed by atoms with Gasteiger partial charge in [0.05, 0.1) is 0 Å². The van der Waals surface area contributed by atoms with E-state index >= 15 is 0 Å². The molecule has 0 aliphatic carbocycles. The van der Waals surface area contributed by atoms with Gasteiger partial charge in [-0.3, -0.25) is 14.4 Å². The minimum atomic E-state index is -0.763. The van der Waals surface area contributed by atoms with Gasteiger partial charge in [0.25, 0.3) is 0 Å². The van der Waals surface area contributed by atoms with Crippen LogP contribution in [0.3, 0.4) is 0 Å². The van der Waals surface area contributed by atoms with Crippen molar-refractivity contribution in [1.29, 1.82) is 0 Å². The van der Waals surface area contributed by atoms with E-state index in [1.165, 1.54) is 231 Å². The molecule has 0 aromatic carbocycles. The predicted molar refractivity (Wildman–Crippen MR) is 289 cm³/mol. The SMILES string of the molecule is CCCCCCCCCCCCCCCC(=O)O[C@@H](COC(=O)CCCCCCCCCCCCCCCCCCCCC(C)CC)COC(=O)CCCCCCCCCCCCC(C)CC. The lowest BCUT2D eigenvalue weighted by Gasteiger charge is -2.18. The van der Waals surface area contributed by atoms with Gasteiger partial charge in [0, 0.05) is 19.3 Å². The molecule has 0 spiro atoms. The van der Waals surface area contributed by atoms with Crippen LogP contribution in [0.25, 0.3) is 0 Å². The molecule has 0 aromatic heterocycles. The third kappa shape index (κ3) is 52.1. The molecule has 0 aliphatic rings. The van der Waals surface area contributed by atoms with Crippen molar-refractivity contribution in [1.82, 2.24) is 0 Å². The van der Waals surface area contributed by atoms with Gasteiger partial charge in [0.2, 0.25) is 0 Å². The molecule has 0 saturated heterocycles. The van der Waals surface area contributed by atoms with Gasteiger partial charge < -0.3 is 14.2 Å². The van der Waals surface area contributed by atoms with Crippen LogP contribution < -0.4 is 0 Å². The zero-order valence-corrected chi connectivity index (χ0v) is 46.0. The van der Waals surface area contributed by atoms with Crippen molar-refractivity contribution in [2.75, 3.05) is 13.2 Å². The Kier molecular flexibility index (Phi) is 52.5. The molecule has 6 nitrogen and oxygen atoms in total. The summed E-state index contributed by atoms with van der Waals surface area (Å²) in [5, 5.41) is 0. The Morgan fingerprint density at radius 3 is 0.776 bits per heavy atom. The first-order valence-corrected chi connectivity index (χ1v) is 30.3. The number of hydrogen-bond donors (Lipinski definition) is 0. The number of carbonyl (C=O) groups excluding carboxylic acids is 3. The molecule has 0 rings (SSSR count). The smallest absolute Gasteiger partial charge is 0.306 e. The van der Waals surface area contributed by atoms with E-state index in [9.17, 15) is 14.4 Å². The minimum absolute atomic E-state index is 0.0624. The van der Waals surface area contributed by atoms with Crippen LogP contribution >= 0.6 is 0 Å². The van der Waals surface area contributed by atoms with Crippen molar-refractivity contribution in [3.63, 3.8) is 0 Å². The van der Waals surface area contributed by atoms with Crippen LogP contribution in [0.2, 0.25) is 0 Å².